The molecule has 2 aromatic heterocycles. The van der Waals surface area contributed by atoms with Gasteiger partial charge in [0.15, 0.2) is 0 Å². The fraction of sp³-hybridized carbons (Fsp3) is 0.188. The lowest BCUT2D eigenvalue weighted by molar-refractivity contribution is 0.169. The first-order valence-electron chi connectivity index (χ1n) is 6.37. The number of thiophene rings is 1. The third-order valence-electron chi connectivity index (χ3n) is 3.33. The molecule has 0 aliphatic heterocycles. The van der Waals surface area contributed by atoms with E-state index in [-0.39, 0.29) is 0 Å². The fourth-order valence-electron chi connectivity index (χ4n) is 2.30. The van der Waals surface area contributed by atoms with Crippen LogP contribution in [0.2, 0.25) is 0 Å². The van der Waals surface area contributed by atoms with Gasteiger partial charge in [-0.2, -0.15) is 11.3 Å². The van der Waals surface area contributed by atoms with E-state index < -0.39 is 6.10 Å². The van der Waals surface area contributed by atoms with Gasteiger partial charge in [-0.25, -0.2) is 0 Å². The van der Waals surface area contributed by atoms with E-state index >= 15 is 0 Å². The molecule has 1 N–H and O–H groups in total. The van der Waals surface area contributed by atoms with Gasteiger partial charge in [0, 0.05) is 11.6 Å². The lowest BCUT2D eigenvalue weighted by Crippen LogP contribution is -2.00. The van der Waals surface area contributed by atoms with Crippen molar-refractivity contribution in [3.05, 3.63) is 64.5 Å². The maximum Gasteiger partial charge on any atom is 0.0800 e. The number of aromatic nitrogens is 1. The summed E-state index contributed by atoms with van der Waals surface area (Å²) in [5.74, 6) is 0. The number of nitrogens with zero attached hydrogens (tertiary/aromatic N) is 1. The highest BCUT2D eigenvalue weighted by molar-refractivity contribution is 7.07. The minimum Gasteiger partial charge on any atom is -0.388 e. The van der Waals surface area contributed by atoms with E-state index in [1.165, 1.54) is 5.56 Å². The van der Waals surface area contributed by atoms with E-state index in [9.17, 15) is 5.11 Å². The van der Waals surface area contributed by atoms with Crippen LogP contribution in [0.25, 0.3) is 10.9 Å². The SMILES string of the molecule is OC(CCc1ccsc1)c1ccnc2ccccc12. The summed E-state index contributed by atoms with van der Waals surface area (Å²) in [5, 5.41) is 15.6. The monoisotopic (exact) mass is 269 g/mol. The zero-order valence-corrected chi connectivity index (χ0v) is 11.3. The average molecular weight is 269 g/mol. The van der Waals surface area contributed by atoms with Crippen LogP contribution in [0, 0.1) is 0 Å². The van der Waals surface area contributed by atoms with Crippen molar-refractivity contribution in [2.45, 2.75) is 18.9 Å². The van der Waals surface area contributed by atoms with Crippen LogP contribution in [0.4, 0.5) is 0 Å². The van der Waals surface area contributed by atoms with E-state index in [1.54, 1.807) is 17.5 Å². The first-order valence-corrected chi connectivity index (χ1v) is 7.31. The van der Waals surface area contributed by atoms with Crippen molar-refractivity contribution < 1.29 is 5.11 Å². The average Bonchev–Trinajstić information content (AvgIpc) is 2.97. The summed E-state index contributed by atoms with van der Waals surface area (Å²) in [5.41, 5.74) is 3.21. The predicted octanol–water partition coefficient (Wildman–Crippen LogP) is 3.96. The number of pyridine rings is 1. The maximum atomic E-state index is 10.4. The quantitative estimate of drug-likeness (QED) is 0.777. The lowest BCUT2D eigenvalue weighted by Gasteiger charge is -2.13. The molecule has 2 heterocycles. The highest BCUT2D eigenvalue weighted by atomic mass is 32.1. The van der Waals surface area contributed by atoms with Gasteiger partial charge in [-0.1, -0.05) is 18.2 Å². The standard InChI is InChI=1S/C16H15NOS/c18-16(6-5-12-8-10-19-11-12)14-7-9-17-15-4-2-1-3-13(14)15/h1-4,7-11,16,18H,5-6H2. The highest BCUT2D eigenvalue weighted by Gasteiger charge is 2.11. The van der Waals surface area contributed by atoms with E-state index in [1.807, 2.05) is 30.3 Å². The molecule has 1 unspecified atom stereocenters. The van der Waals surface area contributed by atoms with Gasteiger partial charge in [0.1, 0.15) is 0 Å². The second kappa shape index (κ2) is 5.51. The van der Waals surface area contributed by atoms with Crippen molar-refractivity contribution in [1.82, 2.24) is 4.98 Å². The van der Waals surface area contributed by atoms with Crippen LogP contribution >= 0.6 is 11.3 Å². The minimum absolute atomic E-state index is 0.437. The van der Waals surface area contributed by atoms with E-state index in [0.717, 1.165) is 29.3 Å². The third kappa shape index (κ3) is 2.67. The van der Waals surface area contributed by atoms with Crippen molar-refractivity contribution in [3.8, 4) is 0 Å². The Morgan fingerprint density at radius 3 is 2.89 bits per heavy atom. The van der Waals surface area contributed by atoms with E-state index in [2.05, 4.69) is 21.8 Å². The number of rotatable bonds is 4. The number of aliphatic hydroxyl groups is 1. The normalized spacial score (nSPS) is 12.7. The lowest BCUT2D eigenvalue weighted by atomic mass is 9.99. The molecule has 19 heavy (non-hydrogen) atoms. The Bertz CT molecular complexity index is 658. The highest BCUT2D eigenvalue weighted by Crippen LogP contribution is 2.26. The molecule has 0 fully saturated rings. The molecule has 3 aromatic rings. The first kappa shape index (κ1) is 12.3. The molecule has 1 atom stereocenters. The summed E-state index contributed by atoms with van der Waals surface area (Å²) in [6.45, 7) is 0. The van der Waals surface area contributed by atoms with Crippen molar-refractivity contribution in [3.63, 3.8) is 0 Å². The van der Waals surface area contributed by atoms with Gasteiger partial charge in [0.25, 0.3) is 0 Å². The van der Waals surface area contributed by atoms with Crippen molar-refractivity contribution >= 4 is 22.2 Å². The van der Waals surface area contributed by atoms with Gasteiger partial charge in [-0.05, 0) is 52.9 Å². The molecule has 3 heteroatoms. The molecule has 2 nitrogen and oxygen atoms in total. The molecular weight excluding hydrogens is 254 g/mol. The molecule has 1 aromatic carbocycles. The Labute approximate surface area is 116 Å². The molecule has 0 aliphatic rings. The summed E-state index contributed by atoms with van der Waals surface area (Å²) in [6.07, 6.45) is 2.98. The van der Waals surface area contributed by atoms with Crippen molar-refractivity contribution in [2.24, 2.45) is 0 Å². The second-order valence-electron chi connectivity index (χ2n) is 4.60. The largest absolute Gasteiger partial charge is 0.388 e. The van der Waals surface area contributed by atoms with Gasteiger partial charge in [0.2, 0.25) is 0 Å². The molecule has 0 bridgehead atoms. The number of aryl methyl sites for hydroxylation is 1. The van der Waals surface area contributed by atoms with Crippen LogP contribution in [0.15, 0.2) is 53.4 Å². The number of benzene rings is 1. The van der Waals surface area contributed by atoms with Gasteiger partial charge >= 0.3 is 0 Å². The van der Waals surface area contributed by atoms with Crippen LogP contribution in [-0.2, 0) is 6.42 Å². The topological polar surface area (TPSA) is 33.1 Å². The Balaban J connectivity index is 1.83. The van der Waals surface area contributed by atoms with Gasteiger partial charge in [0.05, 0.1) is 11.6 Å². The predicted molar refractivity (Wildman–Crippen MR) is 79.3 cm³/mol. The van der Waals surface area contributed by atoms with Crippen LogP contribution < -0.4 is 0 Å². The molecule has 0 saturated carbocycles. The van der Waals surface area contributed by atoms with Crippen molar-refractivity contribution in [2.75, 3.05) is 0 Å². The molecule has 0 saturated heterocycles. The smallest absolute Gasteiger partial charge is 0.0800 e. The zero-order chi connectivity index (χ0) is 13.1. The molecule has 0 spiro atoms. The third-order valence-corrected chi connectivity index (χ3v) is 4.06. The number of aliphatic hydroxyl groups excluding tert-OH is 1. The summed E-state index contributed by atoms with van der Waals surface area (Å²) in [6, 6.07) is 12.0. The molecule has 0 amide bonds. The first-order chi connectivity index (χ1) is 9.34. The van der Waals surface area contributed by atoms with Gasteiger partial charge < -0.3 is 5.11 Å². The van der Waals surface area contributed by atoms with Gasteiger partial charge in [-0.3, -0.25) is 4.98 Å². The Kier molecular flexibility index (Phi) is 3.58. The Morgan fingerprint density at radius 2 is 2.05 bits per heavy atom. The number of fused-ring (bicyclic) bond motifs is 1. The zero-order valence-electron chi connectivity index (χ0n) is 10.5. The van der Waals surface area contributed by atoms with E-state index in [0.29, 0.717) is 0 Å². The summed E-state index contributed by atoms with van der Waals surface area (Å²) >= 11 is 1.70. The van der Waals surface area contributed by atoms with Crippen LogP contribution in [0.5, 0.6) is 0 Å². The van der Waals surface area contributed by atoms with E-state index in [4.69, 9.17) is 0 Å². The van der Waals surface area contributed by atoms with Crippen LogP contribution in [-0.4, -0.2) is 10.1 Å². The van der Waals surface area contributed by atoms with Gasteiger partial charge in [-0.15, -0.1) is 0 Å². The Morgan fingerprint density at radius 1 is 1.16 bits per heavy atom. The second-order valence-corrected chi connectivity index (χ2v) is 5.38. The molecule has 96 valence electrons. The summed E-state index contributed by atoms with van der Waals surface area (Å²) in [4.78, 5) is 4.32. The molecule has 3 rings (SSSR count). The number of para-hydroxylation sites is 1. The van der Waals surface area contributed by atoms with Crippen molar-refractivity contribution in [1.29, 1.82) is 0 Å². The van der Waals surface area contributed by atoms with Crippen LogP contribution in [0.3, 0.4) is 0 Å². The minimum atomic E-state index is -0.437. The maximum absolute atomic E-state index is 10.4. The summed E-state index contributed by atoms with van der Waals surface area (Å²) < 4.78 is 0. The summed E-state index contributed by atoms with van der Waals surface area (Å²) in [7, 11) is 0. The number of hydrogen-bond acceptors (Lipinski definition) is 3. The molecule has 0 radical (unpaired) electrons. The number of hydrogen-bond donors (Lipinski definition) is 1. The fourth-order valence-corrected chi connectivity index (χ4v) is 3.01. The van der Waals surface area contributed by atoms with Crippen LogP contribution in [0.1, 0.15) is 23.7 Å². The molecule has 0 aliphatic carbocycles. The molecular formula is C16H15NOS. The Hall–Kier alpha value is -1.71.